The fourth-order valence-corrected chi connectivity index (χ4v) is 6.13. The molecule has 0 saturated carbocycles. The first-order valence-electron chi connectivity index (χ1n) is 15.0. The molecule has 2 aliphatic heterocycles. The van der Waals surface area contributed by atoms with E-state index in [1.54, 1.807) is 0 Å². The lowest BCUT2D eigenvalue weighted by molar-refractivity contribution is 0.279. The van der Waals surface area contributed by atoms with Gasteiger partial charge in [-0.3, -0.25) is 9.97 Å². The molecule has 0 fully saturated rings. The Morgan fingerprint density at radius 1 is 0.477 bits per heavy atom. The highest BCUT2D eigenvalue weighted by molar-refractivity contribution is 6.26. The zero-order valence-electron chi connectivity index (χ0n) is 25.3. The average Bonchev–Trinajstić information content (AvgIpc) is 3.61. The van der Waals surface area contributed by atoms with E-state index in [0.29, 0.717) is 25.0 Å². The van der Waals surface area contributed by atoms with E-state index in [2.05, 4.69) is 110 Å². The third-order valence-corrected chi connectivity index (χ3v) is 8.40. The third-order valence-electron chi connectivity index (χ3n) is 8.40. The zero-order valence-corrected chi connectivity index (χ0v) is 25.3. The van der Waals surface area contributed by atoms with Crippen molar-refractivity contribution >= 4 is 44.1 Å². The van der Waals surface area contributed by atoms with Gasteiger partial charge in [0.15, 0.2) is 0 Å². The van der Waals surface area contributed by atoms with Crippen LogP contribution in [0.25, 0.3) is 54.6 Å². The minimum absolute atomic E-state index is 0.210. The molecule has 6 heteroatoms. The number of hydrogen-bond donors (Lipinski definition) is 0. The molecule has 6 nitrogen and oxygen atoms in total. The summed E-state index contributed by atoms with van der Waals surface area (Å²) in [5, 5.41) is 7.34. The van der Waals surface area contributed by atoms with Crippen LogP contribution in [0.5, 0.6) is 0 Å². The molecule has 0 atom stereocenters. The summed E-state index contributed by atoms with van der Waals surface area (Å²) in [5.41, 5.74) is 5.47. The van der Waals surface area contributed by atoms with Gasteiger partial charge in [-0.15, -0.1) is 0 Å². The number of hydrogen-bond acceptors (Lipinski definition) is 6. The number of aliphatic imine (C=N–C) groups is 2. The van der Waals surface area contributed by atoms with Crippen molar-refractivity contribution in [1.29, 1.82) is 0 Å². The normalized spacial score (nSPS) is 17.0. The second-order valence-corrected chi connectivity index (χ2v) is 13.0. The van der Waals surface area contributed by atoms with Gasteiger partial charge in [0, 0.05) is 23.5 Å². The summed E-state index contributed by atoms with van der Waals surface area (Å²) in [6.45, 7) is 9.41. The van der Waals surface area contributed by atoms with Crippen LogP contribution in [0.1, 0.15) is 39.1 Å². The summed E-state index contributed by atoms with van der Waals surface area (Å²) in [6, 6.07) is 30.3. The SMILES string of the molecule is CC1(C)COC(c2ccc(-c3ccc4c5ccc(-c6ccc(C7=NC(C)(C)CO7)nc6)cc5c5ccccc5c4c3)cn2)=N1. The fraction of sp³-hybridized carbons (Fsp3) is 0.211. The highest BCUT2D eigenvalue weighted by Crippen LogP contribution is 2.39. The number of pyridine rings is 2. The van der Waals surface area contributed by atoms with Crippen molar-refractivity contribution in [1.82, 2.24) is 9.97 Å². The van der Waals surface area contributed by atoms with E-state index in [-0.39, 0.29) is 11.1 Å². The van der Waals surface area contributed by atoms with Gasteiger partial charge in [0.25, 0.3) is 0 Å². The summed E-state index contributed by atoms with van der Waals surface area (Å²) in [7, 11) is 0. The molecule has 4 heterocycles. The van der Waals surface area contributed by atoms with Crippen LogP contribution in [0.3, 0.4) is 0 Å². The Bertz CT molecular complexity index is 1990. The van der Waals surface area contributed by atoms with E-state index >= 15 is 0 Å². The second kappa shape index (κ2) is 9.71. The van der Waals surface area contributed by atoms with E-state index in [4.69, 9.17) is 19.4 Å². The first-order valence-corrected chi connectivity index (χ1v) is 15.0. The van der Waals surface area contributed by atoms with Gasteiger partial charge in [-0.2, -0.15) is 0 Å². The molecule has 0 aliphatic carbocycles. The summed E-state index contributed by atoms with van der Waals surface area (Å²) in [5.74, 6) is 1.23. The van der Waals surface area contributed by atoms with E-state index in [1.807, 2.05) is 24.5 Å². The topological polar surface area (TPSA) is 69.0 Å². The molecule has 8 rings (SSSR count). The van der Waals surface area contributed by atoms with Crippen LogP contribution in [-0.4, -0.2) is 46.1 Å². The van der Waals surface area contributed by atoms with Crippen molar-refractivity contribution in [3.05, 3.63) is 109 Å². The molecular formula is C38H32N4O2. The highest BCUT2D eigenvalue weighted by Gasteiger charge is 2.28. The van der Waals surface area contributed by atoms with Crippen LogP contribution in [0.2, 0.25) is 0 Å². The van der Waals surface area contributed by atoms with Gasteiger partial charge in [0.05, 0.1) is 11.1 Å². The maximum absolute atomic E-state index is 5.79. The first-order chi connectivity index (χ1) is 21.2. The van der Waals surface area contributed by atoms with Crippen molar-refractivity contribution in [2.24, 2.45) is 9.98 Å². The summed E-state index contributed by atoms with van der Waals surface area (Å²) >= 11 is 0. The Kier molecular flexibility index (Phi) is 5.85. The van der Waals surface area contributed by atoms with Gasteiger partial charge >= 0.3 is 0 Å². The van der Waals surface area contributed by atoms with Gasteiger partial charge in [0.2, 0.25) is 11.8 Å². The molecule has 0 bridgehead atoms. The number of ether oxygens (including phenoxy) is 2. The molecule has 2 aliphatic rings. The van der Waals surface area contributed by atoms with E-state index in [0.717, 1.165) is 33.6 Å². The number of aromatic nitrogens is 2. The number of nitrogens with zero attached hydrogens (tertiary/aromatic N) is 4. The largest absolute Gasteiger partial charge is 0.474 e. The van der Waals surface area contributed by atoms with Crippen molar-refractivity contribution in [3.63, 3.8) is 0 Å². The predicted octanol–water partition coefficient (Wildman–Crippen LogP) is 8.38. The molecule has 0 N–H and O–H groups in total. The standard InChI is InChI=1S/C38H32N4O2/c1-37(2)21-43-35(41-37)33-15-11-25(19-39-33)23-9-13-29-30-14-10-24(18-32(30)28-8-6-5-7-27(28)31(29)17-23)26-12-16-34(40-20-26)36-42-38(3,4)22-44-36/h5-20H,21-22H2,1-4H3. The van der Waals surface area contributed by atoms with Crippen LogP contribution in [0, 0.1) is 0 Å². The fourth-order valence-electron chi connectivity index (χ4n) is 6.13. The summed E-state index contributed by atoms with van der Waals surface area (Å²) < 4.78 is 11.6. The van der Waals surface area contributed by atoms with E-state index < -0.39 is 0 Å². The molecule has 44 heavy (non-hydrogen) atoms. The molecule has 0 radical (unpaired) electrons. The molecule has 216 valence electrons. The maximum Gasteiger partial charge on any atom is 0.236 e. The van der Waals surface area contributed by atoms with Crippen molar-refractivity contribution in [3.8, 4) is 22.3 Å². The van der Waals surface area contributed by atoms with Crippen LogP contribution in [0.4, 0.5) is 0 Å². The Labute approximate surface area is 256 Å². The average molecular weight is 577 g/mol. The van der Waals surface area contributed by atoms with Crippen molar-refractivity contribution < 1.29 is 9.47 Å². The van der Waals surface area contributed by atoms with Crippen molar-refractivity contribution in [2.45, 2.75) is 38.8 Å². The number of rotatable bonds is 4. The molecule has 0 saturated heterocycles. The van der Waals surface area contributed by atoms with Crippen LogP contribution in [-0.2, 0) is 9.47 Å². The minimum atomic E-state index is -0.210. The van der Waals surface area contributed by atoms with E-state index in [9.17, 15) is 0 Å². The second-order valence-electron chi connectivity index (χ2n) is 13.0. The Morgan fingerprint density at radius 2 is 0.886 bits per heavy atom. The molecular weight excluding hydrogens is 544 g/mol. The molecule has 0 spiro atoms. The molecule has 6 aromatic rings. The van der Waals surface area contributed by atoms with Gasteiger partial charge < -0.3 is 9.47 Å². The van der Waals surface area contributed by atoms with Gasteiger partial charge in [-0.1, -0.05) is 60.7 Å². The van der Waals surface area contributed by atoms with Crippen LogP contribution >= 0.6 is 0 Å². The summed E-state index contributed by atoms with van der Waals surface area (Å²) in [6.07, 6.45) is 3.82. The lowest BCUT2D eigenvalue weighted by atomic mass is 9.90. The first kappa shape index (κ1) is 26.5. The Hall–Kier alpha value is -5.10. The highest BCUT2D eigenvalue weighted by atomic mass is 16.5. The number of benzene rings is 4. The predicted molar refractivity (Wildman–Crippen MR) is 179 cm³/mol. The monoisotopic (exact) mass is 576 g/mol. The summed E-state index contributed by atoms with van der Waals surface area (Å²) in [4.78, 5) is 18.7. The van der Waals surface area contributed by atoms with Crippen molar-refractivity contribution in [2.75, 3.05) is 13.2 Å². The van der Waals surface area contributed by atoms with Gasteiger partial charge in [-0.25, -0.2) is 9.98 Å². The molecule has 0 unspecified atom stereocenters. The number of fused-ring (bicyclic) bond motifs is 6. The third kappa shape index (κ3) is 4.58. The quantitative estimate of drug-likeness (QED) is 0.198. The lowest BCUT2D eigenvalue weighted by Crippen LogP contribution is -2.17. The molecule has 4 aromatic carbocycles. The van der Waals surface area contributed by atoms with E-state index in [1.165, 1.54) is 32.3 Å². The van der Waals surface area contributed by atoms with Gasteiger partial charge in [0.1, 0.15) is 24.6 Å². The molecule has 2 aromatic heterocycles. The lowest BCUT2D eigenvalue weighted by Gasteiger charge is -2.13. The smallest absolute Gasteiger partial charge is 0.236 e. The van der Waals surface area contributed by atoms with Crippen LogP contribution < -0.4 is 0 Å². The Morgan fingerprint density at radius 3 is 1.25 bits per heavy atom. The zero-order chi connectivity index (χ0) is 30.1. The van der Waals surface area contributed by atoms with Gasteiger partial charge in [-0.05, 0) is 95.4 Å². The molecule has 0 amide bonds. The maximum atomic E-state index is 5.79. The minimum Gasteiger partial charge on any atom is -0.474 e. The van der Waals surface area contributed by atoms with Crippen LogP contribution in [0.15, 0.2) is 107 Å². The Balaban J connectivity index is 1.18.